The largest absolute Gasteiger partial charge is 0.497 e. The summed E-state index contributed by atoms with van der Waals surface area (Å²) in [7, 11) is -2.05. The lowest BCUT2D eigenvalue weighted by Crippen LogP contribution is -2.29. The number of anilines is 1. The van der Waals surface area contributed by atoms with Crippen LogP contribution < -0.4 is 14.8 Å². The summed E-state index contributed by atoms with van der Waals surface area (Å²) in [6.07, 6.45) is 3.24. The number of benzene rings is 1. The van der Waals surface area contributed by atoms with Crippen molar-refractivity contribution in [3.8, 4) is 11.6 Å². The molecule has 0 unspecified atom stereocenters. The summed E-state index contributed by atoms with van der Waals surface area (Å²) >= 11 is 0. The number of hydrogen-bond acceptors (Lipinski definition) is 7. The lowest BCUT2D eigenvalue weighted by Gasteiger charge is -2.09. The maximum Gasteiger partial charge on any atom is 0.240 e. The molecule has 10 heteroatoms. The predicted molar refractivity (Wildman–Crippen MR) is 101 cm³/mol. The van der Waals surface area contributed by atoms with E-state index in [1.165, 1.54) is 25.6 Å². The van der Waals surface area contributed by atoms with Crippen molar-refractivity contribution in [2.24, 2.45) is 0 Å². The first-order valence-corrected chi connectivity index (χ1v) is 9.68. The average Bonchev–Trinajstić information content (AvgIpc) is 3.12. The van der Waals surface area contributed by atoms with E-state index >= 15 is 0 Å². The third kappa shape index (κ3) is 4.80. The first-order valence-electron chi connectivity index (χ1n) is 8.20. The average molecular weight is 388 g/mol. The second-order valence-electron chi connectivity index (χ2n) is 5.66. The molecule has 0 saturated carbocycles. The van der Waals surface area contributed by atoms with Crippen LogP contribution in [0.3, 0.4) is 0 Å². The van der Waals surface area contributed by atoms with Crippen LogP contribution >= 0.6 is 0 Å². The number of nitrogens with one attached hydrogen (secondary N) is 2. The van der Waals surface area contributed by atoms with Crippen LogP contribution in [-0.4, -0.2) is 48.4 Å². The Hall–Kier alpha value is -2.98. The fraction of sp³-hybridized carbons (Fsp3) is 0.235. The van der Waals surface area contributed by atoms with Crippen LogP contribution in [0.15, 0.2) is 53.8 Å². The molecule has 0 atom stereocenters. The maximum absolute atomic E-state index is 12.3. The minimum Gasteiger partial charge on any atom is -0.497 e. The number of methoxy groups -OCH3 is 1. The van der Waals surface area contributed by atoms with E-state index in [0.717, 1.165) is 5.69 Å². The van der Waals surface area contributed by atoms with Crippen molar-refractivity contribution in [2.45, 2.75) is 11.8 Å². The Morgan fingerprint density at radius 3 is 2.56 bits per heavy atom. The molecule has 0 saturated heterocycles. The molecule has 0 aliphatic carbocycles. The van der Waals surface area contributed by atoms with Crippen LogP contribution in [0.2, 0.25) is 0 Å². The zero-order valence-corrected chi connectivity index (χ0v) is 15.8. The predicted octanol–water partition coefficient (Wildman–Crippen LogP) is 1.37. The Balaban J connectivity index is 1.55. The third-order valence-corrected chi connectivity index (χ3v) is 5.18. The summed E-state index contributed by atoms with van der Waals surface area (Å²) in [5, 5.41) is 7.36. The van der Waals surface area contributed by atoms with E-state index in [2.05, 4.69) is 25.1 Å². The Labute approximate surface area is 157 Å². The molecule has 2 aromatic heterocycles. The van der Waals surface area contributed by atoms with Crippen LogP contribution in [0.4, 0.5) is 5.82 Å². The van der Waals surface area contributed by atoms with Crippen molar-refractivity contribution in [3.05, 3.63) is 54.6 Å². The van der Waals surface area contributed by atoms with Crippen molar-refractivity contribution >= 4 is 15.8 Å². The van der Waals surface area contributed by atoms with E-state index in [1.807, 2.05) is 19.2 Å². The minimum absolute atomic E-state index is 0.182. The highest BCUT2D eigenvalue weighted by Gasteiger charge is 2.13. The summed E-state index contributed by atoms with van der Waals surface area (Å²) in [5.74, 6) is 1.80. The van der Waals surface area contributed by atoms with Crippen molar-refractivity contribution in [3.63, 3.8) is 0 Å². The molecule has 3 aromatic rings. The lowest BCUT2D eigenvalue weighted by atomic mass is 10.3. The number of aryl methyl sites for hydroxylation is 1. The second kappa shape index (κ2) is 8.14. The smallest absolute Gasteiger partial charge is 0.240 e. The lowest BCUT2D eigenvalue weighted by molar-refractivity contribution is 0.414. The number of ether oxygens (including phenoxy) is 1. The topological polar surface area (TPSA) is 111 Å². The number of hydrogen-bond donors (Lipinski definition) is 2. The highest BCUT2D eigenvalue weighted by Crippen LogP contribution is 2.15. The van der Waals surface area contributed by atoms with Crippen LogP contribution in [0.1, 0.15) is 5.69 Å². The fourth-order valence-corrected chi connectivity index (χ4v) is 3.36. The first-order chi connectivity index (χ1) is 13.0. The quantitative estimate of drug-likeness (QED) is 0.561. The van der Waals surface area contributed by atoms with Gasteiger partial charge in [0, 0.05) is 25.4 Å². The van der Waals surface area contributed by atoms with Gasteiger partial charge in [-0.05, 0) is 37.3 Å². The van der Waals surface area contributed by atoms with Gasteiger partial charge in [0.1, 0.15) is 17.9 Å². The Kier molecular flexibility index (Phi) is 5.67. The van der Waals surface area contributed by atoms with Gasteiger partial charge in [0.05, 0.1) is 17.7 Å². The zero-order valence-electron chi connectivity index (χ0n) is 15.0. The molecule has 0 aliphatic heterocycles. The summed E-state index contributed by atoms with van der Waals surface area (Å²) in [6, 6.07) is 9.82. The van der Waals surface area contributed by atoms with Gasteiger partial charge in [0.15, 0.2) is 5.82 Å². The van der Waals surface area contributed by atoms with Gasteiger partial charge < -0.3 is 10.1 Å². The molecule has 2 N–H and O–H groups in total. The van der Waals surface area contributed by atoms with E-state index in [1.54, 1.807) is 22.9 Å². The van der Waals surface area contributed by atoms with Crippen LogP contribution in [-0.2, 0) is 10.0 Å². The molecule has 0 radical (unpaired) electrons. The molecule has 9 nitrogen and oxygen atoms in total. The van der Waals surface area contributed by atoms with Gasteiger partial charge in [0.25, 0.3) is 0 Å². The van der Waals surface area contributed by atoms with E-state index < -0.39 is 10.0 Å². The third-order valence-electron chi connectivity index (χ3n) is 3.70. The number of nitrogens with zero attached hydrogens (tertiary/aromatic N) is 4. The zero-order chi connectivity index (χ0) is 19.3. The fourth-order valence-electron chi connectivity index (χ4n) is 2.33. The highest BCUT2D eigenvalue weighted by molar-refractivity contribution is 7.89. The number of sulfonamides is 1. The molecule has 2 heterocycles. The van der Waals surface area contributed by atoms with E-state index in [0.29, 0.717) is 23.9 Å². The van der Waals surface area contributed by atoms with Gasteiger partial charge in [-0.1, -0.05) is 0 Å². The monoisotopic (exact) mass is 388 g/mol. The van der Waals surface area contributed by atoms with Gasteiger partial charge in [-0.15, -0.1) is 0 Å². The van der Waals surface area contributed by atoms with Gasteiger partial charge >= 0.3 is 0 Å². The van der Waals surface area contributed by atoms with Crippen molar-refractivity contribution in [2.75, 3.05) is 25.5 Å². The summed E-state index contributed by atoms with van der Waals surface area (Å²) < 4.78 is 33.8. The van der Waals surface area contributed by atoms with E-state index in [4.69, 9.17) is 4.74 Å². The Morgan fingerprint density at radius 1 is 1.11 bits per heavy atom. The number of aromatic nitrogens is 4. The molecule has 0 aliphatic rings. The van der Waals surface area contributed by atoms with Gasteiger partial charge in [-0.2, -0.15) is 5.10 Å². The molecular weight excluding hydrogens is 368 g/mol. The molecule has 3 rings (SSSR count). The molecule has 0 bridgehead atoms. The Bertz CT molecular complexity index is 1000. The number of rotatable bonds is 8. The van der Waals surface area contributed by atoms with Crippen molar-refractivity contribution < 1.29 is 13.2 Å². The standard InChI is InChI=1S/C17H20N6O3S/c1-13-7-10-23(22-13)17-11-16(19-12-20-17)18-8-9-21-27(24,25)15-5-3-14(26-2)4-6-15/h3-7,10-12,21H,8-9H2,1-2H3,(H,18,19,20). The molecule has 0 amide bonds. The Morgan fingerprint density at radius 2 is 1.89 bits per heavy atom. The van der Waals surface area contributed by atoms with Crippen LogP contribution in [0.25, 0.3) is 5.82 Å². The minimum atomic E-state index is -3.58. The molecule has 142 valence electrons. The van der Waals surface area contributed by atoms with Gasteiger partial charge in [0.2, 0.25) is 10.0 Å². The van der Waals surface area contributed by atoms with Crippen molar-refractivity contribution in [1.82, 2.24) is 24.5 Å². The first kappa shape index (κ1) is 18.8. The van der Waals surface area contributed by atoms with E-state index in [-0.39, 0.29) is 11.4 Å². The summed E-state index contributed by atoms with van der Waals surface area (Å²) in [4.78, 5) is 8.48. The van der Waals surface area contributed by atoms with Crippen LogP contribution in [0, 0.1) is 6.92 Å². The molecule has 1 aromatic carbocycles. The van der Waals surface area contributed by atoms with Crippen LogP contribution in [0.5, 0.6) is 5.75 Å². The molecule has 0 fully saturated rings. The molecule has 0 spiro atoms. The molecular formula is C17H20N6O3S. The van der Waals surface area contributed by atoms with Gasteiger partial charge in [-0.25, -0.2) is 27.8 Å². The maximum atomic E-state index is 12.3. The summed E-state index contributed by atoms with van der Waals surface area (Å²) in [6.45, 7) is 2.46. The summed E-state index contributed by atoms with van der Waals surface area (Å²) in [5.41, 5.74) is 0.885. The SMILES string of the molecule is COc1ccc(S(=O)(=O)NCCNc2cc(-n3ccc(C)n3)ncn2)cc1. The normalized spacial score (nSPS) is 11.3. The van der Waals surface area contributed by atoms with E-state index in [9.17, 15) is 8.42 Å². The van der Waals surface area contributed by atoms with Gasteiger partial charge in [-0.3, -0.25) is 0 Å². The van der Waals surface area contributed by atoms with Crippen molar-refractivity contribution in [1.29, 1.82) is 0 Å². The molecule has 27 heavy (non-hydrogen) atoms. The highest BCUT2D eigenvalue weighted by atomic mass is 32.2. The second-order valence-corrected chi connectivity index (χ2v) is 7.43.